The van der Waals surface area contributed by atoms with Crippen molar-refractivity contribution >= 4 is 34.1 Å². The molecule has 0 bridgehead atoms. The molecule has 2 rings (SSSR count). The molecule has 1 aromatic heterocycles. The number of aliphatic hydroxyl groups excluding tert-OH is 1. The van der Waals surface area contributed by atoms with E-state index in [1.807, 2.05) is 0 Å². The minimum atomic E-state index is -0.939. The number of nitrogens with one attached hydrogen (secondary N) is 2. The largest absolute Gasteiger partial charge is 0.462 e. The van der Waals surface area contributed by atoms with E-state index in [-0.39, 0.29) is 30.3 Å². The van der Waals surface area contributed by atoms with E-state index in [0.29, 0.717) is 17.5 Å². The lowest BCUT2D eigenvalue weighted by molar-refractivity contribution is -0.136. The van der Waals surface area contributed by atoms with Crippen LogP contribution >= 0.6 is 11.3 Å². The Morgan fingerprint density at radius 2 is 1.89 bits per heavy atom. The molecule has 0 aliphatic carbocycles. The fourth-order valence-corrected chi connectivity index (χ4v) is 3.17. The van der Waals surface area contributed by atoms with E-state index in [1.54, 1.807) is 12.3 Å². The fourth-order valence-electron chi connectivity index (χ4n) is 2.22. The van der Waals surface area contributed by atoms with E-state index in [9.17, 15) is 18.8 Å². The molecule has 0 unspecified atom stereocenters. The Kier molecular flexibility index (Phi) is 7.44. The lowest BCUT2D eigenvalue weighted by Crippen LogP contribution is -2.36. The van der Waals surface area contributed by atoms with Crippen molar-refractivity contribution in [2.24, 2.45) is 0 Å². The minimum Gasteiger partial charge on any atom is -0.462 e. The average molecular weight is 394 g/mol. The lowest BCUT2D eigenvalue weighted by Gasteiger charge is -2.09. The maximum atomic E-state index is 13.2. The van der Waals surface area contributed by atoms with Crippen molar-refractivity contribution in [2.45, 2.75) is 13.3 Å². The highest BCUT2D eigenvalue weighted by atomic mass is 32.1. The monoisotopic (exact) mass is 394 g/mol. The molecule has 0 saturated carbocycles. The highest BCUT2D eigenvalue weighted by molar-refractivity contribution is 7.15. The zero-order valence-electron chi connectivity index (χ0n) is 14.6. The quantitative estimate of drug-likeness (QED) is 0.379. The van der Waals surface area contributed by atoms with Crippen LogP contribution in [0.15, 0.2) is 29.6 Å². The Labute approximate surface area is 159 Å². The van der Waals surface area contributed by atoms with E-state index in [0.717, 1.165) is 11.3 Å². The summed E-state index contributed by atoms with van der Waals surface area (Å²) in [5.74, 6) is -2.89. The molecule has 27 heavy (non-hydrogen) atoms. The SMILES string of the molecule is CCOC(=O)c1c(-c2ccc(F)cc2)csc1NC(=O)C(=O)NCCCO. The number of thiophene rings is 1. The summed E-state index contributed by atoms with van der Waals surface area (Å²) < 4.78 is 18.2. The molecule has 0 fully saturated rings. The summed E-state index contributed by atoms with van der Waals surface area (Å²) in [4.78, 5) is 36.2. The molecule has 144 valence electrons. The molecule has 2 amide bonds. The Morgan fingerprint density at radius 1 is 1.19 bits per heavy atom. The van der Waals surface area contributed by atoms with Crippen LogP contribution in [0.3, 0.4) is 0 Å². The van der Waals surface area contributed by atoms with Crippen molar-refractivity contribution < 1.29 is 28.6 Å². The van der Waals surface area contributed by atoms with Crippen LogP contribution in [-0.2, 0) is 14.3 Å². The van der Waals surface area contributed by atoms with Gasteiger partial charge in [0.25, 0.3) is 0 Å². The predicted molar refractivity (Wildman–Crippen MR) is 99.0 cm³/mol. The second kappa shape index (κ2) is 9.79. The molecule has 1 aromatic carbocycles. The highest BCUT2D eigenvalue weighted by Gasteiger charge is 2.24. The van der Waals surface area contributed by atoms with Gasteiger partial charge in [-0.15, -0.1) is 11.3 Å². The molecule has 2 aromatic rings. The van der Waals surface area contributed by atoms with Gasteiger partial charge < -0.3 is 20.5 Å². The first kappa shape index (κ1) is 20.5. The highest BCUT2D eigenvalue weighted by Crippen LogP contribution is 2.36. The Hall–Kier alpha value is -2.78. The van der Waals surface area contributed by atoms with Crippen molar-refractivity contribution in [3.05, 3.63) is 41.0 Å². The third kappa shape index (κ3) is 5.35. The normalized spacial score (nSPS) is 10.3. The van der Waals surface area contributed by atoms with Gasteiger partial charge in [-0.3, -0.25) is 9.59 Å². The van der Waals surface area contributed by atoms with Gasteiger partial charge in [0, 0.05) is 24.1 Å². The molecule has 0 radical (unpaired) electrons. The molecule has 1 heterocycles. The molecule has 0 saturated heterocycles. The van der Waals surface area contributed by atoms with Crippen molar-refractivity contribution in [2.75, 3.05) is 25.1 Å². The van der Waals surface area contributed by atoms with Crippen molar-refractivity contribution in [1.82, 2.24) is 5.32 Å². The van der Waals surface area contributed by atoms with Crippen LogP contribution < -0.4 is 10.6 Å². The molecule has 9 heteroatoms. The number of amides is 2. The van der Waals surface area contributed by atoms with Crippen LogP contribution in [0.1, 0.15) is 23.7 Å². The van der Waals surface area contributed by atoms with E-state index >= 15 is 0 Å². The smallest absolute Gasteiger partial charge is 0.341 e. The first-order valence-corrected chi connectivity index (χ1v) is 9.10. The number of hydrogen-bond acceptors (Lipinski definition) is 6. The van der Waals surface area contributed by atoms with Crippen LogP contribution in [0.5, 0.6) is 0 Å². The molecular formula is C18H19FN2O5S. The van der Waals surface area contributed by atoms with Gasteiger partial charge in [-0.05, 0) is 31.0 Å². The van der Waals surface area contributed by atoms with Gasteiger partial charge in [-0.25, -0.2) is 9.18 Å². The fraction of sp³-hybridized carbons (Fsp3) is 0.278. The van der Waals surface area contributed by atoms with E-state index in [4.69, 9.17) is 9.84 Å². The van der Waals surface area contributed by atoms with Gasteiger partial charge in [-0.1, -0.05) is 12.1 Å². The van der Waals surface area contributed by atoms with E-state index in [1.165, 1.54) is 24.3 Å². The van der Waals surface area contributed by atoms with Gasteiger partial charge >= 0.3 is 17.8 Å². The van der Waals surface area contributed by atoms with Crippen LogP contribution in [-0.4, -0.2) is 42.6 Å². The average Bonchev–Trinajstić information content (AvgIpc) is 3.06. The number of hydrogen-bond donors (Lipinski definition) is 3. The standard InChI is InChI=1S/C18H19FN2O5S/c1-2-26-18(25)14-13(11-4-6-12(19)7-5-11)10-27-17(14)21-16(24)15(23)20-8-3-9-22/h4-7,10,22H,2-3,8-9H2,1H3,(H,20,23)(H,21,24). The number of carbonyl (C=O) groups excluding carboxylic acids is 3. The molecule has 0 atom stereocenters. The molecule has 0 aliphatic rings. The topological polar surface area (TPSA) is 105 Å². The summed E-state index contributed by atoms with van der Waals surface area (Å²) in [6, 6.07) is 5.53. The van der Waals surface area contributed by atoms with Crippen LogP contribution in [0.4, 0.5) is 9.39 Å². The predicted octanol–water partition coefficient (Wildman–Crippen LogP) is 2.17. The lowest BCUT2D eigenvalue weighted by atomic mass is 10.0. The molecule has 3 N–H and O–H groups in total. The Balaban J connectivity index is 2.28. The van der Waals surface area contributed by atoms with E-state index in [2.05, 4.69) is 10.6 Å². The first-order valence-electron chi connectivity index (χ1n) is 8.22. The summed E-state index contributed by atoms with van der Waals surface area (Å²) in [5.41, 5.74) is 1.14. The van der Waals surface area contributed by atoms with Gasteiger partial charge in [-0.2, -0.15) is 0 Å². The summed E-state index contributed by atoms with van der Waals surface area (Å²) in [7, 11) is 0. The van der Waals surface area contributed by atoms with Gasteiger partial charge in [0.05, 0.1) is 6.61 Å². The molecular weight excluding hydrogens is 375 g/mol. The number of anilines is 1. The van der Waals surface area contributed by atoms with Crippen molar-refractivity contribution in [3.63, 3.8) is 0 Å². The van der Waals surface area contributed by atoms with Crippen LogP contribution in [0, 0.1) is 5.82 Å². The molecule has 0 spiro atoms. The number of ether oxygens (including phenoxy) is 1. The number of halogens is 1. The van der Waals surface area contributed by atoms with Crippen LogP contribution in [0.2, 0.25) is 0 Å². The number of carbonyl (C=O) groups is 3. The number of esters is 1. The number of rotatable bonds is 7. The number of benzene rings is 1. The Bertz CT molecular complexity index is 820. The zero-order chi connectivity index (χ0) is 19.8. The minimum absolute atomic E-state index is 0.102. The van der Waals surface area contributed by atoms with Crippen molar-refractivity contribution in [1.29, 1.82) is 0 Å². The second-order valence-electron chi connectivity index (χ2n) is 5.37. The van der Waals surface area contributed by atoms with Gasteiger partial charge in [0.2, 0.25) is 0 Å². The first-order chi connectivity index (χ1) is 13.0. The second-order valence-corrected chi connectivity index (χ2v) is 6.25. The van der Waals surface area contributed by atoms with E-state index < -0.39 is 23.6 Å². The van der Waals surface area contributed by atoms with Crippen molar-refractivity contribution in [3.8, 4) is 11.1 Å². The summed E-state index contributed by atoms with van der Waals surface area (Å²) in [5, 5.41) is 15.3. The van der Waals surface area contributed by atoms with Gasteiger partial charge in [0.15, 0.2) is 0 Å². The van der Waals surface area contributed by atoms with Gasteiger partial charge in [0.1, 0.15) is 16.4 Å². The molecule has 0 aliphatic heterocycles. The summed E-state index contributed by atoms with van der Waals surface area (Å²) in [6.07, 6.45) is 0.320. The maximum absolute atomic E-state index is 13.2. The summed E-state index contributed by atoms with van der Waals surface area (Å²) >= 11 is 1.06. The van der Waals surface area contributed by atoms with Crippen LogP contribution in [0.25, 0.3) is 11.1 Å². The maximum Gasteiger partial charge on any atom is 0.341 e. The number of aliphatic hydroxyl groups is 1. The summed E-state index contributed by atoms with van der Waals surface area (Å²) in [6.45, 7) is 1.82. The Morgan fingerprint density at radius 3 is 2.52 bits per heavy atom. The third-order valence-electron chi connectivity index (χ3n) is 3.48. The zero-order valence-corrected chi connectivity index (χ0v) is 15.4. The third-order valence-corrected chi connectivity index (χ3v) is 4.37. The molecule has 7 nitrogen and oxygen atoms in total.